The molecule has 0 amide bonds. The molecular weight excluding hydrogens is 226 g/mol. The van der Waals surface area contributed by atoms with E-state index >= 15 is 0 Å². The predicted molar refractivity (Wildman–Crippen MR) is 61.9 cm³/mol. The first-order chi connectivity index (χ1) is 7.77. The Morgan fingerprint density at radius 1 is 1.44 bits per heavy atom. The molecule has 2 aromatic rings. The standard InChI is InChI=1S/C10H7N3O2S/c14-13(15)10-5-11-4-3-8(10)1-2-9-6-16-7-12-9/h1-7H. The van der Waals surface area contributed by atoms with E-state index in [2.05, 4.69) is 9.97 Å². The Balaban J connectivity index is 2.31. The monoisotopic (exact) mass is 233 g/mol. The van der Waals surface area contributed by atoms with Crippen LogP contribution in [0.3, 0.4) is 0 Å². The predicted octanol–water partition coefficient (Wildman–Crippen LogP) is 2.62. The zero-order chi connectivity index (χ0) is 11.4. The molecule has 0 unspecified atom stereocenters. The second-order valence-electron chi connectivity index (χ2n) is 2.94. The summed E-state index contributed by atoms with van der Waals surface area (Å²) < 4.78 is 0. The Morgan fingerprint density at radius 2 is 2.31 bits per heavy atom. The fraction of sp³-hybridized carbons (Fsp3) is 0. The first-order valence-electron chi connectivity index (χ1n) is 4.42. The van der Waals surface area contributed by atoms with Gasteiger partial charge in [0.2, 0.25) is 0 Å². The van der Waals surface area contributed by atoms with E-state index in [1.54, 1.807) is 23.7 Å². The molecule has 2 aromatic heterocycles. The van der Waals surface area contributed by atoms with Gasteiger partial charge < -0.3 is 0 Å². The van der Waals surface area contributed by atoms with Gasteiger partial charge in [0, 0.05) is 11.6 Å². The van der Waals surface area contributed by atoms with Crippen molar-refractivity contribution in [1.29, 1.82) is 0 Å². The van der Waals surface area contributed by atoms with Crippen molar-refractivity contribution in [3.63, 3.8) is 0 Å². The van der Waals surface area contributed by atoms with Gasteiger partial charge >= 0.3 is 0 Å². The number of rotatable bonds is 3. The Hall–Kier alpha value is -2.08. The van der Waals surface area contributed by atoms with E-state index in [0.29, 0.717) is 5.56 Å². The number of nitro groups is 1. The van der Waals surface area contributed by atoms with Gasteiger partial charge in [-0.25, -0.2) is 4.98 Å². The Kier molecular flexibility index (Phi) is 3.02. The van der Waals surface area contributed by atoms with E-state index in [9.17, 15) is 10.1 Å². The van der Waals surface area contributed by atoms with E-state index in [0.717, 1.165) is 5.69 Å². The molecule has 0 aromatic carbocycles. The summed E-state index contributed by atoms with van der Waals surface area (Å²) in [5.74, 6) is 0. The fourth-order valence-electron chi connectivity index (χ4n) is 1.17. The van der Waals surface area contributed by atoms with Crippen LogP contribution in [0.5, 0.6) is 0 Å². The van der Waals surface area contributed by atoms with E-state index in [4.69, 9.17) is 0 Å². The van der Waals surface area contributed by atoms with Gasteiger partial charge in [-0.3, -0.25) is 15.1 Å². The van der Waals surface area contributed by atoms with Crippen molar-refractivity contribution in [1.82, 2.24) is 9.97 Å². The lowest BCUT2D eigenvalue weighted by Crippen LogP contribution is -1.91. The molecule has 0 radical (unpaired) electrons. The highest BCUT2D eigenvalue weighted by molar-refractivity contribution is 7.07. The first kappa shape index (κ1) is 10.4. The molecule has 0 aliphatic rings. The van der Waals surface area contributed by atoms with Crippen LogP contribution in [0.1, 0.15) is 11.3 Å². The SMILES string of the molecule is O=[N+]([O-])c1cnccc1C=Cc1cscn1. The Morgan fingerprint density at radius 3 is 3.00 bits per heavy atom. The molecule has 0 saturated carbocycles. The summed E-state index contributed by atoms with van der Waals surface area (Å²) in [4.78, 5) is 18.0. The van der Waals surface area contributed by atoms with Gasteiger partial charge in [0.25, 0.3) is 5.69 Å². The summed E-state index contributed by atoms with van der Waals surface area (Å²) in [7, 11) is 0. The average Bonchev–Trinajstić information content (AvgIpc) is 2.79. The van der Waals surface area contributed by atoms with E-state index in [-0.39, 0.29) is 5.69 Å². The van der Waals surface area contributed by atoms with Gasteiger partial charge in [-0.05, 0) is 18.2 Å². The molecule has 0 N–H and O–H groups in total. The molecule has 0 bridgehead atoms. The van der Waals surface area contributed by atoms with Crippen molar-refractivity contribution in [2.45, 2.75) is 0 Å². The highest BCUT2D eigenvalue weighted by Gasteiger charge is 2.10. The summed E-state index contributed by atoms with van der Waals surface area (Å²) in [6, 6.07) is 1.60. The molecule has 80 valence electrons. The molecule has 0 aliphatic heterocycles. The molecule has 0 spiro atoms. The molecule has 2 rings (SSSR count). The van der Waals surface area contributed by atoms with E-state index in [1.807, 2.05) is 5.38 Å². The van der Waals surface area contributed by atoms with Crippen LogP contribution in [0, 0.1) is 10.1 Å². The topological polar surface area (TPSA) is 68.9 Å². The minimum atomic E-state index is -0.451. The second-order valence-corrected chi connectivity index (χ2v) is 3.66. The highest BCUT2D eigenvalue weighted by Crippen LogP contribution is 2.18. The maximum absolute atomic E-state index is 10.7. The van der Waals surface area contributed by atoms with Crippen molar-refractivity contribution in [2.24, 2.45) is 0 Å². The third-order valence-electron chi connectivity index (χ3n) is 1.91. The fourth-order valence-corrected chi connectivity index (χ4v) is 1.69. The molecule has 0 fully saturated rings. The van der Waals surface area contributed by atoms with E-state index in [1.165, 1.54) is 23.7 Å². The summed E-state index contributed by atoms with van der Waals surface area (Å²) in [5, 5.41) is 12.6. The minimum Gasteiger partial charge on any atom is -0.258 e. The number of hydrogen-bond donors (Lipinski definition) is 0. The lowest BCUT2D eigenvalue weighted by Gasteiger charge is -1.94. The molecular formula is C10H7N3O2S. The third kappa shape index (κ3) is 2.29. The number of thiazole rings is 1. The Bertz CT molecular complexity index is 523. The molecule has 5 nitrogen and oxygen atoms in total. The van der Waals surface area contributed by atoms with Gasteiger partial charge in [0.05, 0.1) is 21.7 Å². The molecule has 0 aliphatic carbocycles. The zero-order valence-corrected chi connectivity index (χ0v) is 8.92. The average molecular weight is 233 g/mol. The van der Waals surface area contributed by atoms with Crippen molar-refractivity contribution < 1.29 is 4.92 Å². The van der Waals surface area contributed by atoms with Crippen LogP contribution in [0.15, 0.2) is 29.4 Å². The van der Waals surface area contributed by atoms with Gasteiger partial charge in [-0.1, -0.05) is 0 Å². The van der Waals surface area contributed by atoms with Crippen molar-refractivity contribution in [3.8, 4) is 0 Å². The molecule has 0 saturated heterocycles. The van der Waals surface area contributed by atoms with Crippen LogP contribution < -0.4 is 0 Å². The van der Waals surface area contributed by atoms with E-state index < -0.39 is 4.92 Å². The highest BCUT2D eigenvalue weighted by atomic mass is 32.1. The number of aromatic nitrogens is 2. The summed E-state index contributed by atoms with van der Waals surface area (Å²) >= 11 is 1.48. The second kappa shape index (κ2) is 4.63. The molecule has 6 heteroatoms. The zero-order valence-electron chi connectivity index (χ0n) is 8.11. The summed E-state index contributed by atoms with van der Waals surface area (Å²) in [6.07, 6.45) is 6.15. The molecule has 16 heavy (non-hydrogen) atoms. The van der Waals surface area contributed by atoms with Gasteiger partial charge in [-0.15, -0.1) is 11.3 Å². The summed E-state index contributed by atoms with van der Waals surface area (Å²) in [6.45, 7) is 0. The van der Waals surface area contributed by atoms with Gasteiger partial charge in [0.1, 0.15) is 6.20 Å². The lowest BCUT2D eigenvalue weighted by atomic mass is 10.2. The van der Waals surface area contributed by atoms with Gasteiger partial charge in [0.15, 0.2) is 0 Å². The summed E-state index contributed by atoms with van der Waals surface area (Å²) in [5.41, 5.74) is 3.01. The lowest BCUT2D eigenvalue weighted by molar-refractivity contribution is -0.385. The largest absolute Gasteiger partial charge is 0.294 e. The van der Waals surface area contributed by atoms with Crippen LogP contribution in [0.2, 0.25) is 0 Å². The maximum Gasteiger partial charge on any atom is 0.294 e. The van der Waals surface area contributed by atoms with Crippen LogP contribution >= 0.6 is 11.3 Å². The van der Waals surface area contributed by atoms with Crippen LogP contribution in [0.25, 0.3) is 12.2 Å². The number of nitrogens with zero attached hydrogens (tertiary/aromatic N) is 3. The minimum absolute atomic E-state index is 0.00557. The first-order valence-corrected chi connectivity index (χ1v) is 5.36. The third-order valence-corrected chi connectivity index (χ3v) is 2.52. The molecule has 0 atom stereocenters. The normalized spacial score (nSPS) is 10.8. The van der Waals surface area contributed by atoms with Gasteiger partial charge in [-0.2, -0.15) is 0 Å². The maximum atomic E-state index is 10.7. The smallest absolute Gasteiger partial charge is 0.258 e. The van der Waals surface area contributed by atoms with Crippen molar-refractivity contribution in [2.75, 3.05) is 0 Å². The Labute approximate surface area is 95.3 Å². The van der Waals surface area contributed by atoms with Crippen LogP contribution in [-0.4, -0.2) is 14.9 Å². The van der Waals surface area contributed by atoms with Crippen LogP contribution in [-0.2, 0) is 0 Å². The number of hydrogen-bond acceptors (Lipinski definition) is 5. The quantitative estimate of drug-likeness (QED) is 0.603. The van der Waals surface area contributed by atoms with Crippen molar-refractivity contribution in [3.05, 3.63) is 50.7 Å². The molecule has 2 heterocycles. The number of pyridine rings is 1. The van der Waals surface area contributed by atoms with Crippen LogP contribution in [0.4, 0.5) is 5.69 Å². The van der Waals surface area contributed by atoms with Crippen molar-refractivity contribution >= 4 is 29.2 Å².